The van der Waals surface area contributed by atoms with Crippen LogP contribution in [0.3, 0.4) is 0 Å². The predicted molar refractivity (Wildman–Crippen MR) is 93.8 cm³/mol. The van der Waals surface area contributed by atoms with E-state index in [0.717, 1.165) is 16.6 Å². The average molecular weight is 326 g/mol. The second kappa shape index (κ2) is 6.13. The van der Waals surface area contributed by atoms with Gasteiger partial charge in [0, 0.05) is 35.1 Å². The highest BCUT2D eigenvalue weighted by atomic mass is 32.1. The van der Waals surface area contributed by atoms with Crippen LogP contribution in [0.15, 0.2) is 45.7 Å². The van der Waals surface area contributed by atoms with Gasteiger partial charge >= 0.3 is 5.63 Å². The Balaban J connectivity index is 1.81. The first kappa shape index (κ1) is 15.1. The Kier molecular flexibility index (Phi) is 4.03. The van der Waals surface area contributed by atoms with Crippen molar-refractivity contribution in [2.24, 2.45) is 0 Å². The lowest BCUT2D eigenvalue weighted by Gasteiger charge is -2.10. The van der Waals surface area contributed by atoms with E-state index < -0.39 is 0 Å². The van der Waals surface area contributed by atoms with Gasteiger partial charge in [-0.2, -0.15) is 0 Å². The Morgan fingerprint density at radius 2 is 2.00 bits per heavy atom. The van der Waals surface area contributed by atoms with Crippen molar-refractivity contribution >= 4 is 39.9 Å². The Hall–Kier alpha value is -2.80. The van der Waals surface area contributed by atoms with Gasteiger partial charge in [0.2, 0.25) is 5.95 Å². The summed E-state index contributed by atoms with van der Waals surface area (Å²) in [5, 5.41) is 7.16. The van der Waals surface area contributed by atoms with E-state index in [1.807, 2.05) is 26.0 Å². The zero-order valence-electron chi connectivity index (χ0n) is 12.6. The third-order valence-corrected chi connectivity index (χ3v) is 3.43. The van der Waals surface area contributed by atoms with E-state index >= 15 is 0 Å². The minimum absolute atomic E-state index is 0.352. The first-order valence-electron chi connectivity index (χ1n) is 6.93. The molecule has 0 fully saturated rings. The average Bonchev–Trinajstić information content (AvgIpc) is 2.46. The largest absolute Gasteiger partial charge is 0.423 e. The van der Waals surface area contributed by atoms with E-state index in [4.69, 9.17) is 16.6 Å². The van der Waals surface area contributed by atoms with Crippen molar-refractivity contribution in [2.45, 2.75) is 13.8 Å². The molecule has 0 unspecified atom stereocenters. The van der Waals surface area contributed by atoms with E-state index in [0.29, 0.717) is 22.3 Å². The van der Waals surface area contributed by atoms with Crippen LogP contribution < -0.4 is 16.3 Å². The molecule has 0 spiro atoms. The molecule has 0 aliphatic heterocycles. The van der Waals surface area contributed by atoms with Crippen molar-refractivity contribution in [1.29, 1.82) is 0 Å². The fourth-order valence-corrected chi connectivity index (χ4v) is 2.38. The van der Waals surface area contributed by atoms with Gasteiger partial charge in [0.15, 0.2) is 5.11 Å². The van der Waals surface area contributed by atoms with E-state index in [9.17, 15) is 4.79 Å². The number of anilines is 2. The number of benzene rings is 1. The zero-order chi connectivity index (χ0) is 16.4. The number of aromatic nitrogens is 2. The molecule has 1 aromatic carbocycles. The van der Waals surface area contributed by atoms with Gasteiger partial charge in [-0.3, -0.25) is 0 Å². The van der Waals surface area contributed by atoms with Crippen molar-refractivity contribution < 1.29 is 4.42 Å². The molecule has 0 bridgehead atoms. The molecule has 2 heterocycles. The van der Waals surface area contributed by atoms with Crippen LogP contribution in [0.5, 0.6) is 0 Å². The van der Waals surface area contributed by atoms with Crippen LogP contribution in [0.4, 0.5) is 11.6 Å². The van der Waals surface area contributed by atoms with Crippen molar-refractivity contribution in [1.82, 2.24) is 9.97 Å². The van der Waals surface area contributed by atoms with Crippen LogP contribution in [-0.4, -0.2) is 15.1 Å². The fraction of sp³-hybridized carbons (Fsp3) is 0.125. The zero-order valence-corrected chi connectivity index (χ0v) is 13.4. The Bertz CT molecular complexity index is 952. The minimum atomic E-state index is -0.374. The smallest absolute Gasteiger partial charge is 0.336 e. The summed E-state index contributed by atoms with van der Waals surface area (Å²) in [6.07, 6.45) is 1.65. The summed E-state index contributed by atoms with van der Waals surface area (Å²) in [6.45, 7) is 3.74. The number of fused-ring (bicyclic) bond motifs is 1. The van der Waals surface area contributed by atoms with E-state index in [2.05, 4.69) is 20.6 Å². The summed E-state index contributed by atoms with van der Waals surface area (Å²) < 4.78 is 5.21. The second-order valence-corrected chi connectivity index (χ2v) is 5.47. The molecule has 0 atom stereocenters. The Morgan fingerprint density at radius 1 is 1.17 bits per heavy atom. The van der Waals surface area contributed by atoms with Crippen LogP contribution in [0.25, 0.3) is 11.0 Å². The lowest BCUT2D eigenvalue weighted by atomic mass is 10.1. The maximum absolute atomic E-state index is 11.5. The maximum Gasteiger partial charge on any atom is 0.336 e. The molecule has 116 valence electrons. The van der Waals surface area contributed by atoms with Crippen molar-refractivity contribution in [2.75, 3.05) is 10.6 Å². The molecule has 6 nitrogen and oxygen atoms in total. The molecule has 0 radical (unpaired) electrons. The standard InChI is InChI=1S/C16H14N4O2S/c1-9-7-14(21)22-13-8-11(3-4-12(9)13)19-16(23)20-15-17-6-5-10(2)18-15/h3-8H,1-2H3,(H2,17,18,19,20,23). The predicted octanol–water partition coefficient (Wildman–Crippen LogP) is 3.01. The molecule has 2 N–H and O–H groups in total. The van der Waals surface area contributed by atoms with E-state index in [1.54, 1.807) is 18.3 Å². The van der Waals surface area contributed by atoms with E-state index in [1.165, 1.54) is 6.07 Å². The quantitative estimate of drug-likeness (QED) is 0.553. The van der Waals surface area contributed by atoms with Gasteiger partial charge in [-0.05, 0) is 49.8 Å². The summed E-state index contributed by atoms with van der Waals surface area (Å²) in [5.41, 5.74) is 2.55. The molecular weight excluding hydrogens is 312 g/mol. The molecule has 0 aliphatic rings. The third kappa shape index (κ3) is 3.51. The maximum atomic E-state index is 11.5. The highest BCUT2D eigenvalue weighted by Gasteiger charge is 2.05. The first-order chi connectivity index (χ1) is 11.0. The number of nitrogens with zero attached hydrogens (tertiary/aromatic N) is 2. The molecular formula is C16H14N4O2S. The van der Waals surface area contributed by atoms with Crippen LogP contribution in [0.2, 0.25) is 0 Å². The van der Waals surface area contributed by atoms with Crippen LogP contribution in [0.1, 0.15) is 11.3 Å². The van der Waals surface area contributed by atoms with Gasteiger partial charge in [-0.1, -0.05) is 0 Å². The summed E-state index contributed by atoms with van der Waals surface area (Å²) >= 11 is 5.24. The number of thiocarbonyl (C=S) groups is 1. The summed E-state index contributed by atoms with van der Waals surface area (Å²) in [4.78, 5) is 19.8. The van der Waals surface area contributed by atoms with Gasteiger partial charge in [0.25, 0.3) is 0 Å². The van der Waals surface area contributed by atoms with Crippen LogP contribution in [-0.2, 0) is 0 Å². The van der Waals surface area contributed by atoms with Crippen LogP contribution >= 0.6 is 12.2 Å². The topological polar surface area (TPSA) is 80.0 Å². The monoisotopic (exact) mass is 326 g/mol. The molecule has 2 aromatic heterocycles. The number of hydrogen-bond donors (Lipinski definition) is 2. The van der Waals surface area contributed by atoms with Gasteiger partial charge < -0.3 is 15.1 Å². The summed E-state index contributed by atoms with van der Waals surface area (Å²) in [6, 6.07) is 8.74. The van der Waals surface area contributed by atoms with Gasteiger partial charge in [0.05, 0.1) is 0 Å². The Morgan fingerprint density at radius 3 is 2.78 bits per heavy atom. The van der Waals surface area contributed by atoms with Crippen LogP contribution in [0, 0.1) is 13.8 Å². The summed E-state index contributed by atoms with van der Waals surface area (Å²) in [5.74, 6) is 0.422. The normalized spacial score (nSPS) is 10.5. The lowest BCUT2D eigenvalue weighted by Crippen LogP contribution is -2.20. The molecule has 0 saturated carbocycles. The SMILES string of the molecule is Cc1ccnc(NC(=S)Nc2ccc3c(C)cc(=O)oc3c2)n1. The fourth-order valence-electron chi connectivity index (χ4n) is 2.18. The van der Waals surface area contributed by atoms with E-state index in [-0.39, 0.29) is 5.63 Å². The lowest BCUT2D eigenvalue weighted by molar-refractivity contribution is 0.560. The van der Waals surface area contributed by atoms with Gasteiger partial charge in [-0.25, -0.2) is 14.8 Å². The molecule has 3 aromatic rings. The number of rotatable bonds is 2. The second-order valence-electron chi connectivity index (χ2n) is 5.06. The van der Waals surface area contributed by atoms with Crippen molar-refractivity contribution in [3.8, 4) is 0 Å². The number of nitrogens with one attached hydrogen (secondary N) is 2. The summed E-state index contributed by atoms with van der Waals surface area (Å²) in [7, 11) is 0. The molecule has 0 aliphatic carbocycles. The van der Waals surface area contributed by atoms with Gasteiger partial charge in [-0.15, -0.1) is 0 Å². The highest BCUT2D eigenvalue weighted by molar-refractivity contribution is 7.80. The Labute approximate surface area is 137 Å². The molecule has 3 rings (SSSR count). The highest BCUT2D eigenvalue weighted by Crippen LogP contribution is 2.20. The minimum Gasteiger partial charge on any atom is -0.423 e. The molecule has 7 heteroatoms. The van der Waals surface area contributed by atoms with Crippen molar-refractivity contribution in [3.05, 3.63) is 58.2 Å². The molecule has 23 heavy (non-hydrogen) atoms. The number of hydrogen-bond acceptors (Lipinski definition) is 5. The van der Waals surface area contributed by atoms with Gasteiger partial charge in [0.1, 0.15) is 5.58 Å². The van der Waals surface area contributed by atoms with Crippen molar-refractivity contribution in [3.63, 3.8) is 0 Å². The first-order valence-corrected chi connectivity index (χ1v) is 7.34. The molecule has 0 saturated heterocycles. The number of aryl methyl sites for hydroxylation is 2. The molecule has 0 amide bonds. The third-order valence-electron chi connectivity index (χ3n) is 3.23.